The largest absolute Gasteiger partial charge is 0.397 e. The molecule has 19 heavy (non-hydrogen) atoms. The number of unbranched alkanes of at least 4 members (excludes halogenated alkanes) is 1. The van der Waals surface area contributed by atoms with E-state index in [2.05, 4.69) is 5.32 Å². The first kappa shape index (κ1) is 15.7. The van der Waals surface area contributed by atoms with Crippen molar-refractivity contribution in [1.29, 1.82) is 0 Å². The number of nitrogens with two attached hydrogens (primary N) is 1. The Hall–Kier alpha value is -1.31. The number of aliphatic hydroxyl groups excluding tert-OH is 1. The summed E-state index contributed by atoms with van der Waals surface area (Å²) in [6.07, 6.45) is 1.55. The number of rotatable bonds is 7. The van der Waals surface area contributed by atoms with Gasteiger partial charge < -0.3 is 16.2 Å². The standard InChI is InChI=1S/C12H21N3O3S/c1-15(2)19(17,18)10-5-6-12(11(13)9-10)14-7-3-4-8-16/h5-6,9,14,16H,3-4,7-8,13H2,1-2H3. The van der Waals surface area contributed by atoms with E-state index < -0.39 is 10.0 Å². The first-order chi connectivity index (χ1) is 8.89. The molecular formula is C12H21N3O3S. The van der Waals surface area contributed by atoms with Gasteiger partial charge in [0.2, 0.25) is 10.0 Å². The summed E-state index contributed by atoms with van der Waals surface area (Å²) in [7, 11) is -0.495. The number of anilines is 2. The highest BCUT2D eigenvalue weighted by Crippen LogP contribution is 2.23. The number of aliphatic hydroxyl groups is 1. The van der Waals surface area contributed by atoms with Gasteiger partial charge in [-0.3, -0.25) is 0 Å². The zero-order valence-corrected chi connectivity index (χ0v) is 12.1. The van der Waals surface area contributed by atoms with Crippen molar-refractivity contribution in [2.45, 2.75) is 17.7 Å². The third-order valence-corrected chi connectivity index (χ3v) is 4.51. The van der Waals surface area contributed by atoms with Crippen molar-refractivity contribution in [3.8, 4) is 0 Å². The fourth-order valence-electron chi connectivity index (χ4n) is 1.53. The van der Waals surface area contributed by atoms with Crippen LogP contribution in [0.15, 0.2) is 23.1 Å². The molecule has 6 nitrogen and oxygen atoms in total. The zero-order valence-electron chi connectivity index (χ0n) is 11.3. The molecule has 0 aromatic heterocycles. The lowest BCUT2D eigenvalue weighted by molar-refractivity contribution is 0.286. The second-order valence-corrected chi connectivity index (χ2v) is 6.55. The summed E-state index contributed by atoms with van der Waals surface area (Å²) in [5.74, 6) is 0. The highest BCUT2D eigenvalue weighted by Gasteiger charge is 2.17. The highest BCUT2D eigenvalue weighted by atomic mass is 32.2. The third kappa shape index (κ3) is 4.09. The molecule has 0 radical (unpaired) electrons. The van der Waals surface area contributed by atoms with E-state index in [0.717, 1.165) is 17.1 Å². The summed E-state index contributed by atoms with van der Waals surface area (Å²) in [4.78, 5) is 0.177. The van der Waals surface area contributed by atoms with Crippen LogP contribution in [0, 0.1) is 0 Å². The molecule has 0 atom stereocenters. The molecule has 7 heteroatoms. The molecule has 4 N–H and O–H groups in total. The average molecular weight is 287 g/mol. The lowest BCUT2D eigenvalue weighted by Gasteiger charge is -2.14. The van der Waals surface area contributed by atoms with E-state index in [-0.39, 0.29) is 11.5 Å². The molecule has 108 valence electrons. The first-order valence-electron chi connectivity index (χ1n) is 6.06. The van der Waals surface area contributed by atoms with E-state index in [1.807, 2.05) is 0 Å². The lowest BCUT2D eigenvalue weighted by atomic mass is 10.2. The molecule has 0 fully saturated rings. The molecule has 0 amide bonds. The average Bonchev–Trinajstić information content (AvgIpc) is 2.35. The number of hydrogen-bond acceptors (Lipinski definition) is 5. The monoisotopic (exact) mass is 287 g/mol. The Labute approximate surface area is 114 Å². The van der Waals surface area contributed by atoms with Crippen LogP contribution in [0.25, 0.3) is 0 Å². The van der Waals surface area contributed by atoms with E-state index in [9.17, 15) is 8.42 Å². The number of benzene rings is 1. The van der Waals surface area contributed by atoms with Crippen LogP contribution in [-0.4, -0.2) is 45.1 Å². The van der Waals surface area contributed by atoms with Gasteiger partial charge in [-0.1, -0.05) is 0 Å². The minimum absolute atomic E-state index is 0.164. The van der Waals surface area contributed by atoms with Crippen molar-refractivity contribution in [2.75, 3.05) is 38.3 Å². The Morgan fingerprint density at radius 1 is 1.32 bits per heavy atom. The van der Waals surface area contributed by atoms with E-state index in [0.29, 0.717) is 17.9 Å². The fourth-order valence-corrected chi connectivity index (χ4v) is 2.47. The zero-order chi connectivity index (χ0) is 14.5. The quantitative estimate of drug-likeness (QED) is 0.507. The SMILES string of the molecule is CN(C)S(=O)(=O)c1ccc(NCCCCO)c(N)c1. The van der Waals surface area contributed by atoms with Crippen LogP contribution in [0.4, 0.5) is 11.4 Å². The lowest BCUT2D eigenvalue weighted by Crippen LogP contribution is -2.22. The first-order valence-corrected chi connectivity index (χ1v) is 7.50. The minimum atomic E-state index is -3.45. The van der Waals surface area contributed by atoms with E-state index in [1.165, 1.54) is 26.2 Å². The molecule has 0 spiro atoms. The van der Waals surface area contributed by atoms with E-state index in [4.69, 9.17) is 10.8 Å². The van der Waals surface area contributed by atoms with E-state index in [1.54, 1.807) is 6.07 Å². The number of hydrogen-bond donors (Lipinski definition) is 3. The van der Waals surface area contributed by atoms with Gasteiger partial charge in [0, 0.05) is 27.2 Å². The molecule has 0 bridgehead atoms. The summed E-state index contributed by atoms with van der Waals surface area (Å²) in [5, 5.41) is 11.8. The second-order valence-electron chi connectivity index (χ2n) is 4.39. The summed E-state index contributed by atoms with van der Waals surface area (Å²) in [6.45, 7) is 0.849. The molecule has 0 aliphatic carbocycles. The number of nitrogens with zero attached hydrogens (tertiary/aromatic N) is 1. The van der Waals surface area contributed by atoms with Gasteiger partial charge >= 0.3 is 0 Å². The Kier molecular flexibility index (Phi) is 5.59. The predicted molar refractivity (Wildman–Crippen MR) is 76.5 cm³/mol. The van der Waals surface area contributed by atoms with Crippen molar-refractivity contribution in [3.05, 3.63) is 18.2 Å². The fraction of sp³-hybridized carbons (Fsp3) is 0.500. The maximum absolute atomic E-state index is 11.9. The molecule has 1 aromatic carbocycles. The van der Waals surface area contributed by atoms with Gasteiger partial charge in [-0.05, 0) is 31.0 Å². The van der Waals surface area contributed by atoms with Crippen molar-refractivity contribution < 1.29 is 13.5 Å². The van der Waals surface area contributed by atoms with Crippen LogP contribution >= 0.6 is 0 Å². The van der Waals surface area contributed by atoms with Gasteiger partial charge in [0.05, 0.1) is 16.3 Å². The van der Waals surface area contributed by atoms with Gasteiger partial charge in [0.25, 0.3) is 0 Å². The molecule has 1 aromatic rings. The Morgan fingerprint density at radius 2 is 2.00 bits per heavy atom. The molecule has 0 unspecified atom stereocenters. The molecule has 0 heterocycles. The maximum Gasteiger partial charge on any atom is 0.242 e. The predicted octanol–water partition coefficient (Wildman–Crippen LogP) is 0.704. The van der Waals surface area contributed by atoms with Gasteiger partial charge in [-0.25, -0.2) is 12.7 Å². The Morgan fingerprint density at radius 3 is 2.53 bits per heavy atom. The number of nitrogen functional groups attached to an aromatic ring is 1. The summed E-state index contributed by atoms with van der Waals surface area (Å²) in [6, 6.07) is 4.63. The molecular weight excluding hydrogens is 266 g/mol. The second kappa shape index (κ2) is 6.74. The molecule has 0 saturated carbocycles. The minimum Gasteiger partial charge on any atom is -0.397 e. The van der Waals surface area contributed by atoms with Gasteiger partial charge in [-0.2, -0.15) is 0 Å². The van der Waals surface area contributed by atoms with Crippen LogP contribution in [0.3, 0.4) is 0 Å². The molecule has 0 aliphatic rings. The van der Waals surface area contributed by atoms with E-state index >= 15 is 0 Å². The molecule has 0 aliphatic heterocycles. The van der Waals surface area contributed by atoms with Crippen molar-refractivity contribution in [2.24, 2.45) is 0 Å². The summed E-state index contributed by atoms with van der Waals surface area (Å²) in [5.41, 5.74) is 6.94. The highest BCUT2D eigenvalue weighted by molar-refractivity contribution is 7.89. The van der Waals surface area contributed by atoms with Crippen LogP contribution in [0.1, 0.15) is 12.8 Å². The molecule has 0 saturated heterocycles. The van der Waals surface area contributed by atoms with Gasteiger partial charge in [0.15, 0.2) is 0 Å². The normalized spacial score (nSPS) is 11.8. The van der Waals surface area contributed by atoms with Gasteiger partial charge in [0.1, 0.15) is 0 Å². The molecule has 1 rings (SSSR count). The smallest absolute Gasteiger partial charge is 0.242 e. The topological polar surface area (TPSA) is 95.7 Å². The van der Waals surface area contributed by atoms with Gasteiger partial charge in [-0.15, -0.1) is 0 Å². The Bertz CT molecular complexity index is 515. The van der Waals surface area contributed by atoms with Crippen molar-refractivity contribution >= 4 is 21.4 Å². The van der Waals surface area contributed by atoms with Crippen LogP contribution < -0.4 is 11.1 Å². The van der Waals surface area contributed by atoms with Crippen molar-refractivity contribution in [3.63, 3.8) is 0 Å². The summed E-state index contributed by atoms with van der Waals surface area (Å²) >= 11 is 0. The summed E-state index contributed by atoms with van der Waals surface area (Å²) < 4.78 is 25.0. The third-order valence-electron chi connectivity index (χ3n) is 2.70. The number of sulfonamides is 1. The van der Waals surface area contributed by atoms with Crippen LogP contribution in [0.5, 0.6) is 0 Å². The van der Waals surface area contributed by atoms with Crippen LogP contribution in [-0.2, 0) is 10.0 Å². The maximum atomic E-state index is 11.9. The number of nitrogens with one attached hydrogen (secondary N) is 1. The Balaban J connectivity index is 2.81. The van der Waals surface area contributed by atoms with Crippen LogP contribution in [0.2, 0.25) is 0 Å². The van der Waals surface area contributed by atoms with Crippen molar-refractivity contribution in [1.82, 2.24) is 4.31 Å².